The third-order valence-corrected chi connectivity index (χ3v) is 5.93. The van der Waals surface area contributed by atoms with E-state index < -0.39 is 15.4 Å². The number of sulfone groups is 1. The van der Waals surface area contributed by atoms with Crippen molar-refractivity contribution in [2.75, 3.05) is 18.1 Å². The van der Waals surface area contributed by atoms with Crippen molar-refractivity contribution >= 4 is 9.84 Å². The van der Waals surface area contributed by atoms with E-state index in [9.17, 15) is 13.5 Å². The zero-order chi connectivity index (χ0) is 14.4. The summed E-state index contributed by atoms with van der Waals surface area (Å²) in [4.78, 5) is 0. The van der Waals surface area contributed by atoms with E-state index in [2.05, 4.69) is 12.2 Å². The lowest BCUT2D eigenvalue weighted by atomic mass is 9.79. The van der Waals surface area contributed by atoms with Crippen LogP contribution in [-0.2, 0) is 9.84 Å². The summed E-state index contributed by atoms with van der Waals surface area (Å²) in [5.74, 6) is 0.414. The number of nitrogens with one attached hydrogen (secondary N) is 1. The highest BCUT2D eigenvalue weighted by molar-refractivity contribution is 7.91. The summed E-state index contributed by atoms with van der Waals surface area (Å²) in [5.41, 5.74) is -0.631. The van der Waals surface area contributed by atoms with Crippen LogP contribution >= 0.6 is 0 Å². The molecule has 0 radical (unpaired) electrons. The SMILES string of the molecule is CCCNC1CCC(O)(CCCS(=O)(=O)CC)CC1. The summed E-state index contributed by atoms with van der Waals surface area (Å²) in [6.07, 6.45) is 5.91. The van der Waals surface area contributed by atoms with Gasteiger partial charge in [0.25, 0.3) is 0 Å². The Morgan fingerprint density at radius 2 is 1.89 bits per heavy atom. The average Bonchev–Trinajstić information content (AvgIpc) is 2.38. The van der Waals surface area contributed by atoms with E-state index in [0.29, 0.717) is 18.9 Å². The fourth-order valence-electron chi connectivity index (χ4n) is 2.72. The lowest BCUT2D eigenvalue weighted by molar-refractivity contribution is -0.0113. The van der Waals surface area contributed by atoms with Crippen LogP contribution in [0.4, 0.5) is 0 Å². The van der Waals surface area contributed by atoms with Gasteiger partial charge in [-0.15, -0.1) is 0 Å². The molecule has 0 aromatic rings. The van der Waals surface area contributed by atoms with Crippen molar-refractivity contribution in [1.29, 1.82) is 0 Å². The quantitative estimate of drug-likeness (QED) is 0.716. The number of rotatable bonds is 8. The summed E-state index contributed by atoms with van der Waals surface area (Å²) < 4.78 is 22.8. The topological polar surface area (TPSA) is 66.4 Å². The zero-order valence-corrected chi connectivity index (χ0v) is 13.1. The van der Waals surface area contributed by atoms with Crippen LogP contribution in [-0.4, -0.2) is 43.2 Å². The van der Waals surface area contributed by atoms with Crippen LogP contribution in [0.25, 0.3) is 0 Å². The molecule has 1 saturated carbocycles. The van der Waals surface area contributed by atoms with Gasteiger partial charge < -0.3 is 10.4 Å². The third-order valence-electron chi connectivity index (χ3n) is 4.14. The Morgan fingerprint density at radius 3 is 2.42 bits per heavy atom. The fraction of sp³-hybridized carbons (Fsp3) is 1.00. The number of aliphatic hydroxyl groups is 1. The zero-order valence-electron chi connectivity index (χ0n) is 12.3. The molecule has 0 aliphatic heterocycles. The van der Waals surface area contributed by atoms with Gasteiger partial charge in [-0.3, -0.25) is 0 Å². The lowest BCUT2D eigenvalue weighted by Crippen LogP contribution is -2.41. The van der Waals surface area contributed by atoms with Crippen molar-refractivity contribution in [2.24, 2.45) is 0 Å². The third kappa shape index (κ3) is 6.23. The van der Waals surface area contributed by atoms with Crippen LogP contribution in [0.2, 0.25) is 0 Å². The minimum absolute atomic E-state index is 0.203. The Hall–Kier alpha value is -0.130. The van der Waals surface area contributed by atoms with Gasteiger partial charge in [0.1, 0.15) is 9.84 Å². The highest BCUT2D eigenvalue weighted by Gasteiger charge is 2.32. The van der Waals surface area contributed by atoms with E-state index in [4.69, 9.17) is 0 Å². The molecule has 1 aliphatic carbocycles. The molecule has 0 heterocycles. The van der Waals surface area contributed by atoms with Gasteiger partial charge in [0, 0.05) is 11.8 Å². The monoisotopic (exact) mass is 291 g/mol. The fourth-order valence-corrected chi connectivity index (χ4v) is 3.60. The summed E-state index contributed by atoms with van der Waals surface area (Å²) in [5, 5.41) is 14.0. The van der Waals surface area contributed by atoms with Crippen LogP contribution in [0.1, 0.15) is 58.8 Å². The van der Waals surface area contributed by atoms with Gasteiger partial charge in [-0.05, 0) is 51.5 Å². The van der Waals surface area contributed by atoms with Crippen molar-refractivity contribution in [3.8, 4) is 0 Å². The molecular formula is C14H29NO3S. The number of hydrogen-bond donors (Lipinski definition) is 2. The molecule has 0 aromatic carbocycles. The predicted octanol–water partition coefficient (Wildman–Crippen LogP) is 1.87. The molecular weight excluding hydrogens is 262 g/mol. The largest absolute Gasteiger partial charge is 0.390 e. The van der Waals surface area contributed by atoms with Crippen molar-refractivity contribution in [3.05, 3.63) is 0 Å². The van der Waals surface area contributed by atoms with Crippen LogP contribution in [0.5, 0.6) is 0 Å². The Labute approximate surface area is 117 Å². The van der Waals surface area contributed by atoms with Crippen LogP contribution < -0.4 is 5.32 Å². The second kappa shape index (κ2) is 7.60. The van der Waals surface area contributed by atoms with Crippen LogP contribution in [0.3, 0.4) is 0 Å². The molecule has 0 atom stereocenters. The van der Waals surface area contributed by atoms with Crippen molar-refractivity contribution < 1.29 is 13.5 Å². The molecule has 0 unspecified atom stereocenters. The van der Waals surface area contributed by atoms with Crippen molar-refractivity contribution in [1.82, 2.24) is 5.32 Å². The van der Waals surface area contributed by atoms with E-state index in [1.807, 2.05) is 0 Å². The molecule has 0 saturated heterocycles. The highest BCUT2D eigenvalue weighted by atomic mass is 32.2. The molecule has 1 fully saturated rings. The molecule has 0 aromatic heterocycles. The standard InChI is InChI=1S/C14H29NO3S/c1-3-11-15-13-6-9-14(16,10-7-13)8-5-12-19(17,18)4-2/h13,15-16H,3-12H2,1-2H3. The molecule has 114 valence electrons. The smallest absolute Gasteiger partial charge is 0.150 e. The van der Waals surface area contributed by atoms with E-state index in [-0.39, 0.29) is 11.5 Å². The maximum atomic E-state index is 11.4. The Bertz CT molecular complexity index is 346. The van der Waals surface area contributed by atoms with Crippen LogP contribution in [0.15, 0.2) is 0 Å². The lowest BCUT2D eigenvalue weighted by Gasteiger charge is -2.36. The second-order valence-corrected chi connectivity index (χ2v) is 8.27. The first-order chi connectivity index (χ1) is 8.91. The van der Waals surface area contributed by atoms with Gasteiger partial charge >= 0.3 is 0 Å². The maximum absolute atomic E-state index is 11.4. The minimum Gasteiger partial charge on any atom is -0.390 e. The van der Waals surface area contributed by atoms with Crippen LogP contribution in [0, 0.1) is 0 Å². The van der Waals surface area contributed by atoms with Crippen molar-refractivity contribution in [3.63, 3.8) is 0 Å². The molecule has 0 spiro atoms. The highest BCUT2D eigenvalue weighted by Crippen LogP contribution is 2.32. The molecule has 0 bridgehead atoms. The van der Waals surface area contributed by atoms with Gasteiger partial charge in [-0.1, -0.05) is 13.8 Å². The Morgan fingerprint density at radius 1 is 1.26 bits per heavy atom. The molecule has 2 N–H and O–H groups in total. The molecule has 0 amide bonds. The molecule has 4 nitrogen and oxygen atoms in total. The minimum atomic E-state index is -2.89. The summed E-state index contributed by atoms with van der Waals surface area (Å²) >= 11 is 0. The summed E-state index contributed by atoms with van der Waals surface area (Å²) in [6.45, 7) is 4.87. The summed E-state index contributed by atoms with van der Waals surface area (Å²) in [7, 11) is -2.89. The molecule has 19 heavy (non-hydrogen) atoms. The first-order valence-electron chi connectivity index (χ1n) is 7.57. The first-order valence-corrected chi connectivity index (χ1v) is 9.39. The molecule has 1 aliphatic rings. The van der Waals surface area contributed by atoms with Crippen molar-refractivity contribution in [2.45, 2.75) is 70.4 Å². The summed E-state index contributed by atoms with van der Waals surface area (Å²) in [6, 6.07) is 0.527. The Kier molecular flexibility index (Phi) is 6.77. The van der Waals surface area contributed by atoms with Gasteiger partial charge in [0.05, 0.1) is 11.4 Å². The van der Waals surface area contributed by atoms with Gasteiger partial charge in [0.2, 0.25) is 0 Å². The maximum Gasteiger partial charge on any atom is 0.150 e. The average molecular weight is 291 g/mol. The molecule has 1 rings (SSSR count). The van der Waals surface area contributed by atoms with E-state index in [1.165, 1.54) is 0 Å². The Balaban J connectivity index is 2.28. The second-order valence-electron chi connectivity index (χ2n) is 5.79. The van der Waals surface area contributed by atoms with Gasteiger partial charge in [0.15, 0.2) is 0 Å². The van der Waals surface area contributed by atoms with Gasteiger partial charge in [-0.2, -0.15) is 0 Å². The van der Waals surface area contributed by atoms with E-state index in [1.54, 1.807) is 6.92 Å². The predicted molar refractivity (Wildman–Crippen MR) is 79.1 cm³/mol. The first kappa shape index (κ1) is 16.9. The van der Waals surface area contributed by atoms with E-state index in [0.717, 1.165) is 38.6 Å². The molecule has 5 heteroatoms. The number of hydrogen-bond acceptors (Lipinski definition) is 4. The van der Waals surface area contributed by atoms with E-state index >= 15 is 0 Å². The van der Waals surface area contributed by atoms with Gasteiger partial charge in [-0.25, -0.2) is 8.42 Å². The normalized spacial score (nSPS) is 28.5.